The molecule has 0 aliphatic rings. The van der Waals surface area contributed by atoms with E-state index in [-0.39, 0.29) is 11.6 Å². The van der Waals surface area contributed by atoms with Gasteiger partial charge in [-0.1, -0.05) is 18.2 Å². The smallest absolute Gasteiger partial charge is 0.349 e. The van der Waals surface area contributed by atoms with E-state index in [2.05, 4.69) is 9.88 Å². The van der Waals surface area contributed by atoms with Crippen LogP contribution in [0.2, 0.25) is 0 Å². The topological polar surface area (TPSA) is 93.3 Å². The van der Waals surface area contributed by atoms with Gasteiger partial charge in [-0.2, -0.15) is 5.26 Å². The van der Waals surface area contributed by atoms with Crippen LogP contribution in [0.25, 0.3) is 6.08 Å². The highest BCUT2D eigenvalue weighted by Gasteiger charge is 2.22. The maximum atomic E-state index is 12.5. The number of anilines is 1. The number of carbonyl (C=O) groups excluding carboxylic acids is 2. The van der Waals surface area contributed by atoms with E-state index in [9.17, 15) is 14.9 Å². The van der Waals surface area contributed by atoms with Crippen molar-refractivity contribution in [1.29, 1.82) is 5.26 Å². The van der Waals surface area contributed by atoms with Crippen LogP contribution in [0.4, 0.5) is 5.69 Å². The van der Waals surface area contributed by atoms with E-state index < -0.39 is 18.0 Å². The molecule has 0 fully saturated rings. The number of esters is 1. The van der Waals surface area contributed by atoms with E-state index in [1.54, 1.807) is 31.4 Å². The van der Waals surface area contributed by atoms with Gasteiger partial charge in [-0.05, 0) is 57.5 Å². The lowest BCUT2D eigenvalue weighted by Gasteiger charge is -2.17. The average molecular weight is 409 g/mol. The minimum absolute atomic E-state index is 0.108. The van der Waals surface area contributed by atoms with Crippen molar-refractivity contribution in [2.24, 2.45) is 0 Å². The summed E-state index contributed by atoms with van der Waals surface area (Å²) in [6, 6.07) is 12.7. The van der Waals surface area contributed by atoms with Crippen molar-refractivity contribution < 1.29 is 19.1 Å². The van der Waals surface area contributed by atoms with Crippen molar-refractivity contribution in [2.75, 3.05) is 19.0 Å². The number of carbonyl (C=O) groups is 2. The molecule has 7 nitrogen and oxygen atoms in total. The molecule has 1 N–H and O–H groups in total. The first-order valence-electron chi connectivity index (χ1n) is 9.64. The number of rotatable bonds is 8. The second kappa shape index (κ2) is 10.4. The highest BCUT2D eigenvalue weighted by Crippen LogP contribution is 2.23. The molecule has 0 radical (unpaired) electrons. The Labute approximate surface area is 176 Å². The highest BCUT2D eigenvalue weighted by molar-refractivity contribution is 6.01. The number of hydrogen-bond acceptors (Lipinski definition) is 5. The van der Waals surface area contributed by atoms with Crippen molar-refractivity contribution in [3.05, 3.63) is 58.9 Å². The first-order chi connectivity index (χ1) is 14.3. The van der Waals surface area contributed by atoms with Crippen LogP contribution in [0.1, 0.15) is 36.8 Å². The molecule has 7 heteroatoms. The predicted molar refractivity (Wildman–Crippen MR) is 115 cm³/mol. The van der Waals surface area contributed by atoms with E-state index in [1.807, 2.05) is 39.0 Å². The molecule has 0 spiro atoms. The number of amides is 1. The molecule has 1 amide bonds. The number of ether oxygens (including phenoxy) is 2. The molecule has 0 aliphatic heterocycles. The lowest BCUT2D eigenvalue weighted by molar-refractivity contribution is -0.148. The molecule has 1 aromatic carbocycles. The Morgan fingerprint density at radius 3 is 2.50 bits per heavy atom. The molecule has 1 aromatic heterocycles. The van der Waals surface area contributed by atoms with Gasteiger partial charge in [-0.3, -0.25) is 4.79 Å². The van der Waals surface area contributed by atoms with Gasteiger partial charge in [0.2, 0.25) is 0 Å². The maximum Gasteiger partial charge on any atom is 0.349 e. The van der Waals surface area contributed by atoms with Gasteiger partial charge in [0.1, 0.15) is 11.6 Å². The number of aromatic nitrogens is 1. The third-order valence-electron chi connectivity index (χ3n) is 4.71. The molecule has 0 bridgehead atoms. The van der Waals surface area contributed by atoms with Gasteiger partial charge in [-0.15, -0.1) is 0 Å². The van der Waals surface area contributed by atoms with Crippen molar-refractivity contribution in [1.82, 2.24) is 4.57 Å². The summed E-state index contributed by atoms with van der Waals surface area (Å²) in [5.41, 5.74) is 3.07. The van der Waals surface area contributed by atoms with E-state index in [0.717, 1.165) is 17.0 Å². The second-order valence-electron chi connectivity index (χ2n) is 7.07. The molecule has 2 atom stereocenters. The third-order valence-corrected chi connectivity index (χ3v) is 4.71. The van der Waals surface area contributed by atoms with Crippen LogP contribution in [0.5, 0.6) is 0 Å². The largest absolute Gasteiger partial charge is 0.448 e. The first-order valence-corrected chi connectivity index (χ1v) is 9.64. The minimum atomic E-state index is -1.05. The molecular weight excluding hydrogens is 382 g/mol. The van der Waals surface area contributed by atoms with Crippen molar-refractivity contribution in [3.63, 3.8) is 0 Å². The van der Waals surface area contributed by atoms with Crippen molar-refractivity contribution in [3.8, 4) is 6.07 Å². The zero-order valence-corrected chi connectivity index (χ0v) is 17.9. The van der Waals surface area contributed by atoms with E-state index in [0.29, 0.717) is 12.3 Å². The molecule has 0 saturated heterocycles. The SMILES string of the molecule is COC[C@H](C)n1c(C)cc(/C=C(\C#N)C(=O)O[C@@H](C)C(=O)Nc2ccccc2)c1C. The Bertz CT molecular complexity index is 970. The summed E-state index contributed by atoms with van der Waals surface area (Å²) in [5.74, 6) is -1.32. The molecule has 0 unspecified atom stereocenters. The van der Waals surface area contributed by atoms with Gasteiger partial charge >= 0.3 is 5.97 Å². The number of methoxy groups -OCH3 is 1. The monoisotopic (exact) mass is 409 g/mol. The summed E-state index contributed by atoms with van der Waals surface area (Å²) >= 11 is 0. The Kier molecular flexibility index (Phi) is 7.96. The standard InChI is InChI=1S/C23H27N3O4/c1-15-11-19(17(3)26(15)16(2)14-29-5)12-20(13-24)23(28)30-18(4)22(27)25-21-9-7-6-8-10-21/h6-12,16,18H,14H2,1-5H3,(H,25,27)/b20-12+/t16-,18-/m0/s1. The number of aryl methyl sites for hydroxylation is 1. The Hall–Kier alpha value is -3.37. The average Bonchev–Trinajstić information content (AvgIpc) is 2.99. The molecule has 158 valence electrons. The van der Waals surface area contributed by atoms with Gasteiger partial charge in [0.25, 0.3) is 5.91 Å². The Morgan fingerprint density at radius 1 is 1.23 bits per heavy atom. The molecule has 1 heterocycles. The lowest BCUT2D eigenvalue weighted by atomic mass is 10.1. The van der Waals surface area contributed by atoms with Gasteiger partial charge in [-0.25, -0.2) is 4.79 Å². The molecular formula is C23H27N3O4. The molecule has 2 aromatic rings. The number of nitrogens with zero attached hydrogens (tertiary/aromatic N) is 2. The van der Waals surface area contributed by atoms with Crippen LogP contribution < -0.4 is 5.32 Å². The zero-order valence-electron chi connectivity index (χ0n) is 17.9. The zero-order chi connectivity index (χ0) is 22.3. The van der Waals surface area contributed by atoms with Gasteiger partial charge in [0.15, 0.2) is 6.10 Å². The quantitative estimate of drug-likeness (QED) is 0.407. The van der Waals surface area contributed by atoms with Crippen molar-refractivity contribution >= 4 is 23.6 Å². The minimum Gasteiger partial charge on any atom is -0.448 e. The third kappa shape index (κ3) is 5.58. The van der Waals surface area contributed by atoms with Crippen LogP contribution in [0, 0.1) is 25.2 Å². The van der Waals surface area contributed by atoms with Gasteiger partial charge in [0.05, 0.1) is 12.6 Å². The molecule has 0 saturated carbocycles. The molecule has 30 heavy (non-hydrogen) atoms. The summed E-state index contributed by atoms with van der Waals surface area (Å²) in [7, 11) is 1.64. The number of benzene rings is 1. The van der Waals surface area contributed by atoms with Crippen LogP contribution >= 0.6 is 0 Å². The normalized spacial score (nSPS) is 13.3. The van der Waals surface area contributed by atoms with Crippen LogP contribution in [-0.2, 0) is 19.1 Å². The number of nitriles is 1. The number of para-hydroxylation sites is 1. The lowest BCUT2D eigenvalue weighted by Crippen LogP contribution is -2.30. The van der Waals surface area contributed by atoms with E-state index >= 15 is 0 Å². The predicted octanol–water partition coefficient (Wildman–Crippen LogP) is 3.79. The summed E-state index contributed by atoms with van der Waals surface area (Å²) in [4.78, 5) is 24.7. The van der Waals surface area contributed by atoms with Crippen LogP contribution in [-0.4, -0.2) is 36.3 Å². The fourth-order valence-electron chi connectivity index (χ4n) is 3.28. The van der Waals surface area contributed by atoms with Gasteiger partial charge in [0, 0.05) is 24.2 Å². The fraction of sp³-hybridized carbons (Fsp3) is 0.348. The Balaban J connectivity index is 2.14. The van der Waals surface area contributed by atoms with E-state index in [1.165, 1.54) is 13.0 Å². The van der Waals surface area contributed by atoms with Crippen molar-refractivity contribution in [2.45, 2.75) is 39.8 Å². The first kappa shape index (κ1) is 22.9. The highest BCUT2D eigenvalue weighted by atomic mass is 16.5. The summed E-state index contributed by atoms with van der Waals surface area (Å²) in [5, 5.41) is 12.1. The number of nitrogens with one attached hydrogen (secondary N) is 1. The summed E-state index contributed by atoms with van der Waals surface area (Å²) in [6.45, 7) is 7.91. The van der Waals surface area contributed by atoms with E-state index in [4.69, 9.17) is 9.47 Å². The summed E-state index contributed by atoms with van der Waals surface area (Å²) in [6.07, 6.45) is 0.436. The summed E-state index contributed by atoms with van der Waals surface area (Å²) < 4.78 is 12.5. The van der Waals surface area contributed by atoms with Crippen LogP contribution in [0.15, 0.2) is 42.0 Å². The molecule has 0 aliphatic carbocycles. The second-order valence-corrected chi connectivity index (χ2v) is 7.07. The Morgan fingerprint density at radius 2 is 1.90 bits per heavy atom. The molecule has 2 rings (SSSR count). The number of hydrogen-bond donors (Lipinski definition) is 1. The fourth-order valence-corrected chi connectivity index (χ4v) is 3.28. The van der Waals surface area contributed by atoms with Crippen LogP contribution in [0.3, 0.4) is 0 Å². The maximum absolute atomic E-state index is 12.5. The van der Waals surface area contributed by atoms with Gasteiger partial charge < -0.3 is 19.4 Å².